The van der Waals surface area contributed by atoms with Crippen molar-refractivity contribution in [3.05, 3.63) is 92.9 Å². The van der Waals surface area contributed by atoms with Gasteiger partial charge < -0.3 is 0 Å². The van der Waals surface area contributed by atoms with Crippen LogP contribution >= 0.6 is 27.5 Å². The summed E-state index contributed by atoms with van der Waals surface area (Å²) in [6, 6.07) is 19.4. The number of hydrogen-bond donors (Lipinski definition) is 1. The predicted molar refractivity (Wildman–Crippen MR) is 181 cm³/mol. The molecule has 0 aromatic heterocycles. The fourth-order valence-electron chi connectivity index (χ4n) is 8.35. The second-order valence-corrected chi connectivity index (χ2v) is 18.2. The van der Waals surface area contributed by atoms with Gasteiger partial charge in [0.2, 0.25) is 20.0 Å². The Balaban J connectivity index is 0.000000160. The first-order chi connectivity index (χ1) is 21.2. The third kappa shape index (κ3) is 5.90. The van der Waals surface area contributed by atoms with Gasteiger partial charge in [-0.1, -0.05) is 78.6 Å². The van der Waals surface area contributed by atoms with Gasteiger partial charge in [0.1, 0.15) is 5.75 Å². The van der Waals surface area contributed by atoms with E-state index in [1.165, 1.54) is 29.6 Å². The number of sulfonamides is 2. The third-order valence-electron chi connectivity index (χ3n) is 10.5. The highest BCUT2D eigenvalue weighted by molar-refractivity contribution is 9.10. The van der Waals surface area contributed by atoms with Gasteiger partial charge in [-0.25, -0.2) is 21.6 Å². The van der Waals surface area contributed by atoms with Crippen LogP contribution in [0.2, 0.25) is 5.02 Å². The van der Waals surface area contributed by atoms with E-state index in [1.807, 2.05) is 49.4 Å². The Hall–Kier alpha value is -2.24. The van der Waals surface area contributed by atoms with Crippen molar-refractivity contribution in [2.24, 2.45) is 28.6 Å². The van der Waals surface area contributed by atoms with Gasteiger partial charge in [-0.3, -0.25) is 9.10 Å². The first-order valence-electron chi connectivity index (χ1n) is 15.4. The summed E-state index contributed by atoms with van der Waals surface area (Å²) in [5.41, 5.74) is 3.43. The van der Waals surface area contributed by atoms with Crippen LogP contribution in [0.5, 0.6) is 0 Å². The second-order valence-electron chi connectivity index (χ2n) is 13.3. The van der Waals surface area contributed by atoms with Crippen molar-refractivity contribution in [1.29, 1.82) is 0 Å². The number of carbonyl (C=O) groups excluding carboxylic acids is 1. The smallest absolute Gasteiger partial charge is 0.243 e. The van der Waals surface area contributed by atoms with Gasteiger partial charge in [0, 0.05) is 21.6 Å². The number of aryl methyl sites for hydroxylation is 1. The Bertz CT molecular complexity index is 1870. The second kappa shape index (κ2) is 11.8. The van der Waals surface area contributed by atoms with E-state index in [0.717, 1.165) is 21.5 Å². The first kappa shape index (κ1) is 32.7. The van der Waals surface area contributed by atoms with E-state index in [-0.39, 0.29) is 6.54 Å². The van der Waals surface area contributed by atoms with E-state index in [2.05, 4.69) is 34.5 Å². The number of hydrogen-bond acceptors (Lipinski definition) is 5. The molecule has 0 radical (unpaired) electrons. The summed E-state index contributed by atoms with van der Waals surface area (Å²) in [7, 11) is -7.11. The summed E-state index contributed by atoms with van der Waals surface area (Å²) >= 11 is 9.38. The fraction of sp³-hybridized carbons (Fsp3) is 0.441. The highest BCUT2D eigenvalue weighted by Crippen LogP contribution is 2.89. The lowest BCUT2D eigenvalue weighted by Gasteiger charge is -2.30. The van der Waals surface area contributed by atoms with Crippen molar-refractivity contribution in [2.75, 3.05) is 16.6 Å². The molecule has 1 aliphatic heterocycles. The lowest BCUT2D eigenvalue weighted by atomic mass is 9.89. The zero-order valence-electron chi connectivity index (χ0n) is 25.6. The molecule has 240 valence electrons. The molecule has 0 amide bonds. The summed E-state index contributed by atoms with van der Waals surface area (Å²) < 4.78 is 55.4. The molecule has 4 atom stereocenters. The predicted octanol–water partition coefficient (Wildman–Crippen LogP) is 7.23. The zero-order chi connectivity index (χ0) is 32.4. The molecule has 3 aliphatic carbocycles. The molecule has 1 spiro atoms. The number of nitrogens with zero attached hydrogens (tertiary/aromatic N) is 1. The molecule has 1 heterocycles. The Morgan fingerprint density at radius 1 is 1.04 bits per heavy atom. The maximum Gasteiger partial charge on any atom is 0.243 e. The van der Waals surface area contributed by atoms with E-state index in [4.69, 9.17) is 11.6 Å². The summed E-state index contributed by atoms with van der Waals surface area (Å²) in [4.78, 5) is 12.4. The molecule has 4 unspecified atom stereocenters. The van der Waals surface area contributed by atoms with E-state index < -0.39 is 31.6 Å². The molecule has 3 saturated carbocycles. The van der Waals surface area contributed by atoms with Crippen LogP contribution in [0.3, 0.4) is 0 Å². The normalized spacial score (nSPS) is 26.9. The van der Waals surface area contributed by atoms with Crippen LogP contribution in [-0.4, -0.2) is 34.9 Å². The number of nitrogens with one attached hydrogen (secondary N) is 1. The third-order valence-corrected chi connectivity index (χ3v) is 14.4. The molecule has 3 aromatic carbocycles. The maximum absolute atomic E-state index is 12.8. The Morgan fingerprint density at radius 3 is 2.49 bits per heavy atom. The average Bonchev–Trinajstić information content (AvgIpc) is 3.85. The van der Waals surface area contributed by atoms with Gasteiger partial charge in [0.05, 0.1) is 17.1 Å². The molecule has 0 bridgehead atoms. The van der Waals surface area contributed by atoms with Crippen LogP contribution in [0.1, 0.15) is 61.5 Å². The number of ketones is 1. The van der Waals surface area contributed by atoms with Crippen LogP contribution < -0.4 is 9.03 Å². The van der Waals surface area contributed by atoms with E-state index in [1.54, 1.807) is 18.2 Å². The molecule has 3 aromatic rings. The van der Waals surface area contributed by atoms with Crippen molar-refractivity contribution in [2.45, 2.75) is 57.9 Å². The number of Topliss-reactive ketones (excluding diaryl/α,β-unsaturated/α-hetero) is 1. The highest BCUT2D eigenvalue weighted by atomic mass is 79.9. The minimum absolute atomic E-state index is 0.184. The minimum Gasteiger partial charge on any atom is -0.293 e. The number of benzene rings is 3. The first-order valence-corrected chi connectivity index (χ1v) is 19.6. The molecule has 7 rings (SSSR count). The standard InChI is InChI=1S/C19H26BrNO2S.C15H12ClNO3S/c1-4-12-9-15(20)7-8-16(12)24(22,23)21-11-13-5-6-14-10-19(14)17(13)18(19,2)3;16-12-6-7-13-14(8-12)17(21(19,20)10-15(13)18)9-11-4-2-1-3-5-11/h7-9,13-14,17,21H,4-6,10-11H2,1-3H3;1-8H,9-10H2. The minimum atomic E-state index is -3.68. The molecular weight excluding hydrogens is 696 g/mol. The van der Waals surface area contributed by atoms with Crippen molar-refractivity contribution < 1.29 is 21.6 Å². The van der Waals surface area contributed by atoms with Gasteiger partial charge in [-0.05, 0) is 102 Å². The Labute approximate surface area is 280 Å². The van der Waals surface area contributed by atoms with Crippen LogP contribution in [0, 0.1) is 28.6 Å². The van der Waals surface area contributed by atoms with Crippen LogP contribution in [0.25, 0.3) is 0 Å². The molecule has 11 heteroatoms. The number of halogens is 2. The van der Waals surface area contributed by atoms with Crippen molar-refractivity contribution in [1.82, 2.24) is 4.72 Å². The molecule has 0 saturated heterocycles. The average molecular weight is 734 g/mol. The number of anilines is 1. The molecule has 4 aliphatic rings. The number of rotatable bonds is 7. The lowest BCUT2D eigenvalue weighted by molar-refractivity contribution is 0.102. The zero-order valence-corrected chi connectivity index (χ0v) is 29.6. The van der Waals surface area contributed by atoms with Crippen LogP contribution in [0.15, 0.2) is 76.1 Å². The largest absolute Gasteiger partial charge is 0.293 e. The van der Waals surface area contributed by atoms with Crippen molar-refractivity contribution in [3.8, 4) is 0 Å². The van der Waals surface area contributed by atoms with Crippen molar-refractivity contribution >= 4 is 59.0 Å². The topological polar surface area (TPSA) is 101 Å². The van der Waals surface area contributed by atoms with Gasteiger partial charge in [-0.15, -0.1) is 0 Å². The van der Waals surface area contributed by atoms with Gasteiger partial charge >= 0.3 is 0 Å². The maximum atomic E-state index is 12.8. The van der Waals surface area contributed by atoms with E-state index >= 15 is 0 Å². The van der Waals surface area contributed by atoms with Crippen molar-refractivity contribution in [3.63, 3.8) is 0 Å². The highest BCUT2D eigenvalue weighted by Gasteiger charge is 2.84. The molecule has 1 N–H and O–H groups in total. The van der Waals surface area contributed by atoms with Crippen LogP contribution in [0.4, 0.5) is 5.69 Å². The van der Waals surface area contributed by atoms with Gasteiger partial charge in [-0.2, -0.15) is 0 Å². The van der Waals surface area contributed by atoms with Crippen LogP contribution in [-0.2, 0) is 33.0 Å². The van der Waals surface area contributed by atoms with Gasteiger partial charge in [0.25, 0.3) is 0 Å². The number of carbonyl (C=O) groups is 1. The summed E-state index contributed by atoms with van der Waals surface area (Å²) in [6.07, 6.45) is 4.54. The molecule has 7 nitrogen and oxygen atoms in total. The SMILES string of the molecule is CCc1cc(Br)ccc1S(=O)(=O)NCC1CCC2CC23C1C3(C)C.O=C1CS(=O)(=O)N(Cc2ccccc2)c2cc(Cl)ccc21. The quantitative estimate of drug-likeness (QED) is 0.276. The van der Waals surface area contributed by atoms with E-state index in [9.17, 15) is 21.6 Å². The monoisotopic (exact) mass is 732 g/mol. The van der Waals surface area contributed by atoms with E-state index in [0.29, 0.717) is 56.8 Å². The summed E-state index contributed by atoms with van der Waals surface area (Å²) in [5.74, 6) is 1.22. The molecule has 45 heavy (non-hydrogen) atoms. The van der Waals surface area contributed by atoms with Gasteiger partial charge in [0.15, 0.2) is 5.78 Å². The Morgan fingerprint density at radius 2 is 1.78 bits per heavy atom. The number of fused-ring (bicyclic) bond motifs is 1. The lowest BCUT2D eigenvalue weighted by Crippen LogP contribution is -2.40. The molecular formula is C34H38BrClN2O5S2. The summed E-state index contributed by atoms with van der Waals surface area (Å²) in [5, 5.41) is 0.400. The fourth-order valence-corrected chi connectivity index (χ4v) is 11.8. The summed E-state index contributed by atoms with van der Waals surface area (Å²) in [6.45, 7) is 7.53. The Kier molecular flexibility index (Phi) is 8.55. The molecule has 3 fully saturated rings.